The van der Waals surface area contributed by atoms with Crippen LogP contribution < -0.4 is 4.74 Å². The summed E-state index contributed by atoms with van der Waals surface area (Å²) in [5.74, 6) is 0.465. The summed E-state index contributed by atoms with van der Waals surface area (Å²) in [5.41, 5.74) is 5.85. The summed E-state index contributed by atoms with van der Waals surface area (Å²) in [6, 6.07) is 16.7. The summed E-state index contributed by atoms with van der Waals surface area (Å²) in [7, 11) is 1.50. The van der Waals surface area contributed by atoms with E-state index in [1.54, 1.807) is 6.07 Å². The second-order valence-corrected chi connectivity index (χ2v) is 6.74. The molecule has 0 fully saturated rings. The van der Waals surface area contributed by atoms with Crippen molar-refractivity contribution in [3.05, 3.63) is 93.8 Å². The average molecular weight is 385 g/mol. The minimum Gasteiger partial charge on any atom is -0.496 e. The van der Waals surface area contributed by atoms with Gasteiger partial charge in [-0.25, -0.2) is 4.98 Å². The lowest BCUT2D eigenvalue weighted by molar-refractivity contribution is -0.384. The van der Waals surface area contributed by atoms with Crippen LogP contribution in [-0.4, -0.2) is 21.4 Å². The molecule has 2 aromatic carbocycles. The first-order chi connectivity index (χ1) is 14.0. The van der Waals surface area contributed by atoms with E-state index in [2.05, 4.69) is 18.1 Å². The van der Waals surface area contributed by atoms with Gasteiger partial charge < -0.3 is 9.14 Å². The molecule has 6 nitrogen and oxygen atoms in total. The fraction of sp³-hybridized carbons (Fsp3) is 0.0870. The standard InChI is InChI=1S/C23H19N3O3/c1-16-3-12-23-24-21(15-25(23)14-16)18-7-4-17(5-8-18)6-9-19-10-11-20(26(27)28)13-22(19)29-2/h3-15H,1-2H3/b9-6+. The van der Waals surface area contributed by atoms with Gasteiger partial charge in [0.25, 0.3) is 5.69 Å². The van der Waals surface area contributed by atoms with E-state index in [9.17, 15) is 10.1 Å². The first-order valence-corrected chi connectivity index (χ1v) is 9.10. The molecule has 6 heteroatoms. The summed E-state index contributed by atoms with van der Waals surface area (Å²) >= 11 is 0. The Labute approximate surface area is 167 Å². The molecule has 2 aromatic heterocycles. The van der Waals surface area contributed by atoms with Gasteiger partial charge >= 0.3 is 0 Å². The van der Waals surface area contributed by atoms with Gasteiger partial charge in [0.05, 0.1) is 23.8 Å². The number of aromatic nitrogens is 2. The number of non-ortho nitro benzene ring substituents is 1. The highest BCUT2D eigenvalue weighted by Crippen LogP contribution is 2.27. The van der Waals surface area contributed by atoms with Crippen LogP contribution in [0, 0.1) is 17.0 Å². The van der Waals surface area contributed by atoms with E-state index in [1.165, 1.54) is 24.8 Å². The third-order valence-electron chi connectivity index (χ3n) is 4.69. The van der Waals surface area contributed by atoms with Gasteiger partial charge in [-0.3, -0.25) is 10.1 Å². The van der Waals surface area contributed by atoms with Crippen LogP contribution in [0.15, 0.2) is 67.0 Å². The zero-order valence-corrected chi connectivity index (χ0v) is 16.1. The summed E-state index contributed by atoms with van der Waals surface area (Å²) in [5, 5.41) is 10.9. The first kappa shape index (κ1) is 18.4. The Morgan fingerprint density at radius 3 is 2.55 bits per heavy atom. The summed E-state index contributed by atoms with van der Waals surface area (Å²) in [6.45, 7) is 2.06. The van der Waals surface area contributed by atoms with Gasteiger partial charge in [-0.05, 0) is 30.2 Å². The predicted molar refractivity (Wildman–Crippen MR) is 114 cm³/mol. The molecule has 0 aliphatic heterocycles. The van der Waals surface area contributed by atoms with Crippen LogP contribution in [0.5, 0.6) is 5.75 Å². The van der Waals surface area contributed by atoms with Gasteiger partial charge in [0.15, 0.2) is 0 Å². The lowest BCUT2D eigenvalue weighted by Gasteiger charge is -2.04. The second-order valence-electron chi connectivity index (χ2n) is 6.74. The second kappa shape index (κ2) is 7.59. The van der Waals surface area contributed by atoms with Crippen LogP contribution in [0.3, 0.4) is 0 Å². The number of nitrogens with zero attached hydrogens (tertiary/aromatic N) is 3. The van der Waals surface area contributed by atoms with Gasteiger partial charge in [0.1, 0.15) is 11.4 Å². The van der Waals surface area contributed by atoms with Gasteiger partial charge in [0, 0.05) is 29.6 Å². The number of hydrogen-bond acceptors (Lipinski definition) is 4. The number of imidazole rings is 1. The van der Waals surface area contributed by atoms with E-state index in [1.807, 2.05) is 59.1 Å². The van der Waals surface area contributed by atoms with Crippen molar-refractivity contribution < 1.29 is 9.66 Å². The summed E-state index contributed by atoms with van der Waals surface area (Å²) in [6.07, 6.45) is 7.90. The quantitative estimate of drug-likeness (QED) is 0.262. The minimum absolute atomic E-state index is 0.00556. The van der Waals surface area contributed by atoms with Crippen molar-refractivity contribution in [2.24, 2.45) is 0 Å². The summed E-state index contributed by atoms with van der Waals surface area (Å²) in [4.78, 5) is 15.1. The molecule has 4 rings (SSSR count). The first-order valence-electron chi connectivity index (χ1n) is 9.10. The number of hydrogen-bond donors (Lipinski definition) is 0. The average Bonchev–Trinajstić information content (AvgIpc) is 3.15. The molecule has 0 saturated carbocycles. The Balaban J connectivity index is 1.57. The number of ether oxygens (including phenoxy) is 1. The molecule has 2 heterocycles. The molecule has 0 aliphatic carbocycles. The number of nitro benzene ring substituents is 1. The Morgan fingerprint density at radius 1 is 1.03 bits per heavy atom. The number of pyridine rings is 1. The van der Waals surface area contributed by atoms with Crippen molar-refractivity contribution >= 4 is 23.5 Å². The van der Waals surface area contributed by atoms with Crippen molar-refractivity contribution in [1.29, 1.82) is 0 Å². The number of benzene rings is 2. The van der Waals surface area contributed by atoms with Crippen molar-refractivity contribution in [2.75, 3.05) is 7.11 Å². The molecule has 0 unspecified atom stereocenters. The predicted octanol–water partition coefficient (Wildman–Crippen LogP) is 5.40. The maximum absolute atomic E-state index is 10.9. The van der Waals surface area contributed by atoms with E-state index >= 15 is 0 Å². The molecule has 29 heavy (non-hydrogen) atoms. The van der Waals surface area contributed by atoms with E-state index < -0.39 is 4.92 Å². The van der Waals surface area contributed by atoms with E-state index in [4.69, 9.17) is 4.74 Å². The molecular weight excluding hydrogens is 366 g/mol. The highest BCUT2D eigenvalue weighted by molar-refractivity contribution is 5.74. The fourth-order valence-electron chi connectivity index (χ4n) is 3.14. The number of rotatable bonds is 5. The van der Waals surface area contributed by atoms with Gasteiger partial charge in [0.2, 0.25) is 0 Å². The van der Waals surface area contributed by atoms with Crippen molar-refractivity contribution in [3.8, 4) is 17.0 Å². The molecular formula is C23H19N3O3. The molecule has 4 aromatic rings. The maximum atomic E-state index is 10.9. The van der Waals surface area contributed by atoms with Crippen molar-refractivity contribution in [1.82, 2.24) is 9.38 Å². The maximum Gasteiger partial charge on any atom is 0.273 e. The Kier molecular flexibility index (Phi) is 4.83. The number of aryl methyl sites for hydroxylation is 1. The largest absolute Gasteiger partial charge is 0.496 e. The third-order valence-corrected chi connectivity index (χ3v) is 4.69. The zero-order chi connectivity index (χ0) is 20.4. The summed E-state index contributed by atoms with van der Waals surface area (Å²) < 4.78 is 7.30. The van der Waals surface area contributed by atoms with Crippen LogP contribution in [0.25, 0.3) is 29.1 Å². The van der Waals surface area contributed by atoms with Gasteiger partial charge in [-0.1, -0.05) is 42.5 Å². The normalized spacial score (nSPS) is 11.2. The molecule has 0 atom stereocenters. The molecule has 0 bridgehead atoms. The Hall–Kier alpha value is -3.93. The SMILES string of the molecule is COc1cc([N+](=O)[O-])ccc1/C=C/c1ccc(-c2cn3cc(C)ccc3n2)cc1. The zero-order valence-electron chi connectivity index (χ0n) is 16.1. The van der Waals surface area contributed by atoms with E-state index in [0.717, 1.165) is 28.0 Å². The lowest BCUT2D eigenvalue weighted by Crippen LogP contribution is -1.91. The number of fused-ring (bicyclic) bond motifs is 1. The van der Waals surface area contributed by atoms with Crippen molar-refractivity contribution in [2.45, 2.75) is 6.92 Å². The van der Waals surface area contributed by atoms with Crippen LogP contribution in [0.4, 0.5) is 5.69 Å². The molecule has 0 saturated heterocycles. The fourth-order valence-corrected chi connectivity index (χ4v) is 3.14. The van der Waals surface area contributed by atoms with Crippen LogP contribution in [0.2, 0.25) is 0 Å². The Morgan fingerprint density at radius 2 is 1.83 bits per heavy atom. The van der Waals surface area contributed by atoms with Crippen LogP contribution in [-0.2, 0) is 0 Å². The van der Waals surface area contributed by atoms with Gasteiger partial charge in [-0.15, -0.1) is 0 Å². The molecule has 144 valence electrons. The minimum atomic E-state index is -0.435. The smallest absolute Gasteiger partial charge is 0.273 e. The lowest BCUT2D eigenvalue weighted by atomic mass is 10.1. The van der Waals surface area contributed by atoms with E-state index in [0.29, 0.717) is 5.75 Å². The number of methoxy groups -OCH3 is 1. The van der Waals surface area contributed by atoms with Crippen LogP contribution >= 0.6 is 0 Å². The van der Waals surface area contributed by atoms with Crippen LogP contribution in [0.1, 0.15) is 16.7 Å². The van der Waals surface area contributed by atoms with Gasteiger partial charge in [-0.2, -0.15) is 0 Å². The molecule has 0 amide bonds. The molecule has 0 aliphatic rings. The molecule has 0 N–H and O–H groups in total. The number of nitro groups is 1. The van der Waals surface area contributed by atoms with E-state index in [-0.39, 0.29) is 5.69 Å². The monoisotopic (exact) mass is 385 g/mol. The topological polar surface area (TPSA) is 69.7 Å². The third kappa shape index (κ3) is 3.87. The Bertz CT molecular complexity index is 1220. The molecule has 0 spiro atoms. The molecule has 0 radical (unpaired) electrons. The highest BCUT2D eigenvalue weighted by Gasteiger charge is 2.09. The highest BCUT2D eigenvalue weighted by atomic mass is 16.6. The van der Waals surface area contributed by atoms with Crippen molar-refractivity contribution in [3.63, 3.8) is 0 Å².